The van der Waals surface area contributed by atoms with Gasteiger partial charge in [-0.25, -0.2) is 0 Å². The number of carbonyl (C=O) groups is 1. The molecule has 1 aromatic heterocycles. The van der Waals surface area contributed by atoms with Gasteiger partial charge in [0.1, 0.15) is 0 Å². The molecule has 0 aliphatic carbocycles. The largest absolute Gasteiger partial charge is 0.351 e. The Balaban J connectivity index is 2.28. The van der Waals surface area contributed by atoms with Crippen molar-refractivity contribution in [2.75, 3.05) is 0 Å². The molecule has 1 unspecified atom stereocenters. The van der Waals surface area contributed by atoms with Gasteiger partial charge in [0.2, 0.25) is 5.91 Å². The Morgan fingerprint density at radius 3 is 2.87 bits per heavy atom. The van der Waals surface area contributed by atoms with Crippen molar-refractivity contribution in [1.82, 2.24) is 5.32 Å². The fraction of sp³-hybridized carbons (Fsp3) is 0.545. The summed E-state index contributed by atoms with van der Waals surface area (Å²) in [5.74, 6) is 0.0374. The summed E-state index contributed by atoms with van der Waals surface area (Å²) in [6.07, 6.45) is 1.26. The molecule has 0 aliphatic heterocycles. The number of thiophene rings is 1. The van der Waals surface area contributed by atoms with Gasteiger partial charge in [-0.1, -0.05) is 6.92 Å². The summed E-state index contributed by atoms with van der Waals surface area (Å²) < 4.78 is 0. The van der Waals surface area contributed by atoms with E-state index in [0.29, 0.717) is 13.0 Å². The molecule has 0 bridgehead atoms. The second-order valence-corrected chi connectivity index (χ2v) is 5.03. The predicted molar refractivity (Wildman–Crippen MR) is 63.8 cm³/mol. The number of amides is 1. The van der Waals surface area contributed by atoms with Gasteiger partial charge in [-0.15, -0.1) is 11.3 Å². The van der Waals surface area contributed by atoms with Crippen LogP contribution in [0.1, 0.15) is 29.5 Å². The van der Waals surface area contributed by atoms with Crippen LogP contribution in [-0.4, -0.2) is 11.9 Å². The highest BCUT2D eigenvalue weighted by Crippen LogP contribution is 2.14. The molecule has 0 saturated heterocycles. The van der Waals surface area contributed by atoms with E-state index < -0.39 is 0 Å². The van der Waals surface area contributed by atoms with Gasteiger partial charge in [0, 0.05) is 22.2 Å². The fourth-order valence-corrected chi connectivity index (χ4v) is 2.05. The Morgan fingerprint density at radius 1 is 1.60 bits per heavy atom. The zero-order valence-corrected chi connectivity index (χ0v) is 10.1. The molecule has 15 heavy (non-hydrogen) atoms. The summed E-state index contributed by atoms with van der Waals surface area (Å²) in [5.41, 5.74) is 5.69. The Morgan fingerprint density at radius 2 is 2.33 bits per heavy atom. The molecule has 0 spiro atoms. The summed E-state index contributed by atoms with van der Waals surface area (Å²) in [7, 11) is 0. The van der Waals surface area contributed by atoms with Crippen LogP contribution in [0.25, 0.3) is 0 Å². The molecule has 3 nitrogen and oxygen atoms in total. The first-order valence-electron chi connectivity index (χ1n) is 5.19. The third-order valence-corrected chi connectivity index (χ3v) is 3.23. The van der Waals surface area contributed by atoms with E-state index in [-0.39, 0.29) is 11.9 Å². The Hall–Kier alpha value is -0.870. The summed E-state index contributed by atoms with van der Waals surface area (Å²) in [6, 6.07) is 4.08. The van der Waals surface area contributed by atoms with Crippen LogP contribution in [0.15, 0.2) is 12.1 Å². The van der Waals surface area contributed by atoms with Crippen molar-refractivity contribution in [2.45, 2.75) is 39.3 Å². The van der Waals surface area contributed by atoms with Crippen molar-refractivity contribution >= 4 is 17.2 Å². The summed E-state index contributed by atoms with van der Waals surface area (Å²) in [6.45, 7) is 4.66. The van der Waals surface area contributed by atoms with Crippen molar-refractivity contribution in [3.05, 3.63) is 21.9 Å². The zero-order valence-electron chi connectivity index (χ0n) is 9.25. The SMILES string of the molecule is CCC(N)CC(=O)NCc1ccc(C)s1. The number of hydrogen-bond donors (Lipinski definition) is 2. The highest BCUT2D eigenvalue weighted by atomic mass is 32.1. The molecule has 84 valence electrons. The average Bonchev–Trinajstić information content (AvgIpc) is 2.61. The monoisotopic (exact) mass is 226 g/mol. The third kappa shape index (κ3) is 4.44. The topological polar surface area (TPSA) is 55.1 Å². The summed E-state index contributed by atoms with van der Waals surface area (Å²) in [5, 5.41) is 2.87. The first-order valence-corrected chi connectivity index (χ1v) is 6.01. The van der Waals surface area contributed by atoms with E-state index in [4.69, 9.17) is 5.73 Å². The van der Waals surface area contributed by atoms with Gasteiger partial charge in [0.15, 0.2) is 0 Å². The van der Waals surface area contributed by atoms with E-state index in [1.807, 2.05) is 13.0 Å². The van der Waals surface area contributed by atoms with Crippen LogP contribution in [0.5, 0.6) is 0 Å². The number of rotatable bonds is 5. The number of hydrogen-bond acceptors (Lipinski definition) is 3. The van der Waals surface area contributed by atoms with E-state index in [2.05, 4.69) is 18.3 Å². The normalized spacial score (nSPS) is 12.5. The molecular formula is C11H18N2OS. The maximum atomic E-state index is 11.4. The molecule has 0 saturated carbocycles. The van der Waals surface area contributed by atoms with Gasteiger partial charge in [0.25, 0.3) is 0 Å². The lowest BCUT2D eigenvalue weighted by atomic mass is 10.1. The molecule has 3 N–H and O–H groups in total. The molecule has 0 fully saturated rings. The first-order chi connectivity index (χ1) is 7.11. The summed E-state index contributed by atoms with van der Waals surface area (Å²) in [4.78, 5) is 13.9. The van der Waals surface area contributed by atoms with E-state index in [9.17, 15) is 4.79 Å². The maximum Gasteiger partial charge on any atom is 0.221 e. The molecule has 1 rings (SSSR count). The van der Waals surface area contributed by atoms with Crippen LogP contribution in [0, 0.1) is 6.92 Å². The van der Waals surface area contributed by atoms with Crippen LogP contribution in [-0.2, 0) is 11.3 Å². The highest BCUT2D eigenvalue weighted by Gasteiger charge is 2.07. The zero-order chi connectivity index (χ0) is 11.3. The Kier molecular flexibility index (Phi) is 4.78. The third-order valence-electron chi connectivity index (χ3n) is 2.23. The molecule has 0 aromatic carbocycles. The standard InChI is InChI=1S/C11H18N2OS/c1-3-9(12)6-11(14)13-7-10-5-4-8(2)15-10/h4-5,9H,3,6-7,12H2,1-2H3,(H,13,14). The Bertz CT molecular complexity index is 322. The second kappa shape index (κ2) is 5.88. The van der Waals surface area contributed by atoms with Crippen LogP contribution in [0.2, 0.25) is 0 Å². The first kappa shape index (κ1) is 12.2. The van der Waals surface area contributed by atoms with Crippen LogP contribution < -0.4 is 11.1 Å². The lowest BCUT2D eigenvalue weighted by Crippen LogP contribution is -2.30. The second-order valence-electron chi connectivity index (χ2n) is 3.66. The summed E-state index contributed by atoms with van der Waals surface area (Å²) >= 11 is 1.71. The molecule has 4 heteroatoms. The molecule has 1 heterocycles. The minimum Gasteiger partial charge on any atom is -0.351 e. The van der Waals surface area contributed by atoms with Crippen molar-refractivity contribution in [3.63, 3.8) is 0 Å². The fourth-order valence-electron chi connectivity index (χ4n) is 1.22. The smallest absolute Gasteiger partial charge is 0.221 e. The highest BCUT2D eigenvalue weighted by molar-refractivity contribution is 7.11. The number of aryl methyl sites for hydroxylation is 1. The number of nitrogens with two attached hydrogens (primary N) is 1. The van der Waals surface area contributed by atoms with Crippen molar-refractivity contribution in [3.8, 4) is 0 Å². The minimum absolute atomic E-state index is 0.0185. The molecular weight excluding hydrogens is 208 g/mol. The molecule has 1 atom stereocenters. The molecule has 0 aliphatic rings. The van der Waals surface area contributed by atoms with Crippen LogP contribution in [0.4, 0.5) is 0 Å². The van der Waals surface area contributed by atoms with Crippen molar-refractivity contribution in [1.29, 1.82) is 0 Å². The van der Waals surface area contributed by atoms with E-state index in [1.54, 1.807) is 11.3 Å². The maximum absolute atomic E-state index is 11.4. The number of nitrogens with one attached hydrogen (secondary N) is 1. The van der Waals surface area contributed by atoms with Crippen molar-refractivity contribution in [2.24, 2.45) is 5.73 Å². The van der Waals surface area contributed by atoms with Gasteiger partial charge in [0.05, 0.1) is 6.54 Å². The van der Waals surface area contributed by atoms with Crippen molar-refractivity contribution < 1.29 is 4.79 Å². The Labute approximate surface area is 94.7 Å². The van der Waals surface area contributed by atoms with Gasteiger partial charge in [-0.3, -0.25) is 4.79 Å². The van der Waals surface area contributed by atoms with E-state index >= 15 is 0 Å². The molecule has 1 aromatic rings. The van der Waals surface area contributed by atoms with Gasteiger partial charge >= 0.3 is 0 Å². The lowest BCUT2D eigenvalue weighted by molar-refractivity contribution is -0.121. The molecule has 0 radical (unpaired) electrons. The van der Waals surface area contributed by atoms with E-state index in [0.717, 1.165) is 6.42 Å². The minimum atomic E-state index is -0.0185. The quantitative estimate of drug-likeness (QED) is 0.804. The van der Waals surface area contributed by atoms with Gasteiger partial charge in [-0.2, -0.15) is 0 Å². The lowest BCUT2D eigenvalue weighted by Gasteiger charge is -2.08. The van der Waals surface area contributed by atoms with Crippen LogP contribution in [0.3, 0.4) is 0 Å². The predicted octanol–water partition coefficient (Wildman–Crippen LogP) is 1.80. The number of carbonyl (C=O) groups excluding carboxylic acids is 1. The molecule has 1 amide bonds. The average molecular weight is 226 g/mol. The van der Waals surface area contributed by atoms with Gasteiger partial charge < -0.3 is 11.1 Å². The van der Waals surface area contributed by atoms with E-state index in [1.165, 1.54) is 9.75 Å². The van der Waals surface area contributed by atoms with Crippen LogP contribution >= 0.6 is 11.3 Å². The van der Waals surface area contributed by atoms with Gasteiger partial charge in [-0.05, 0) is 25.5 Å².